The second-order valence-corrected chi connectivity index (χ2v) is 6.67. The second kappa shape index (κ2) is 9.59. The Morgan fingerprint density at radius 2 is 1.48 bits per heavy atom. The third-order valence-electron chi connectivity index (χ3n) is 4.46. The molecule has 1 aliphatic rings. The van der Waals surface area contributed by atoms with Crippen molar-refractivity contribution in [1.82, 2.24) is 4.90 Å². The average Bonchev–Trinajstić information content (AvgIpc) is 2.74. The Morgan fingerprint density at radius 1 is 0.897 bits per heavy atom. The summed E-state index contributed by atoms with van der Waals surface area (Å²) in [5, 5.41) is 0. The van der Waals surface area contributed by atoms with Crippen molar-refractivity contribution in [2.24, 2.45) is 16.5 Å². The van der Waals surface area contributed by atoms with Gasteiger partial charge in [-0.25, -0.2) is 9.79 Å². The van der Waals surface area contributed by atoms with Crippen molar-refractivity contribution in [2.45, 2.75) is 19.3 Å². The quantitative estimate of drug-likeness (QED) is 0.440. The van der Waals surface area contributed by atoms with Gasteiger partial charge in [-0.15, -0.1) is 0 Å². The molecule has 4 N–H and O–H groups in total. The van der Waals surface area contributed by atoms with Crippen molar-refractivity contribution in [2.75, 3.05) is 19.7 Å². The maximum absolute atomic E-state index is 12.2. The van der Waals surface area contributed by atoms with Crippen LogP contribution in [0.25, 0.3) is 0 Å². The minimum Gasteiger partial charge on any atom is -0.457 e. The van der Waals surface area contributed by atoms with Gasteiger partial charge in [0.05, 0.1) is 11.3 Å². The summed E-state index contributed by atoms with van der Waals surface area (Å²) < 4.78 is 10.9. The second-order valence-electron chi connectivity index (χ2n) is 6.67. The molecule has 0 aromatic heterocycles. The van der Waals surface area contributed by atoms with Crippen molar-refractivity contribution >= 4 is 23.5 Å². The smallest absolute Gasteiger partial charge is 0.338 e. The van der Waals surface area contributed by atoms with E-state index in [-0.39, 0.29) is 18.5 Å². The highest BCUT2D eigenvalue weighted by Crippen LogP contribution is 2.24. The monoisotopic (exact) mass is 396 g/mol. The van der Waals surface area contributed by atoms with Crippen LogP contribution in [0, 0.1) is 0 Å². The number of carbonyl (C=O) groups is 2. The third kappa shape index (κ3) is 5.97. The Hall–Kier alpha value is -3.55. The van der Waals surface area contributed by atoms with Gasteiger partial charge in [0, 0.05) is 13.1 Å². The van der Waals surface area contributed by atoms with Crippen LogP contribution in [-0.4, -0.2) is 42.4 Å². The fourth-order valence-corrected chi connectivity index (χ4v) is 2.98. The van der Waals surface area contributed by atoms with Gasteiger partial charge in [0.25, 0.3) is 5.91 Å². The number of aliphatic imine (C=N–C) groups is 1. The average molecular weight is 396 g/mol. The SMILES string of the molecule is NC(N)=Nc1ccc(Oc2ccc(C(=O)OCC(=O)N3CCCCC3)cc2)cc1. The number of amides is 1. The van der Waals surface area contributed by atoms with Crippen LogP contribution in [0.5, 0.6) is 11.5 Å². The molecular weight excluding hydrogens is 372 g/mol. The number of likely N-dealkylation sites (tertiary alicyclic amines) is 1. The van der Waals surface area contributed by atoms with Crippen molar-refractivity contribution in [3.63, 3.8) is 0 Å². The van der Waals surface area contributed by atoms with Gasteiger partial charge >= 0.3 is 5.97 Å². The molecule has 2 aromatic carbocycles. The van der Waals surface area contributed by atoms with Gasteiger partial charge in [0.2, 0.25) is 0 Å². The zero-order valence-corrected chi connectivity index (χ0v) is 16.0. The molecule has 0 bridgehead atoms. The number of hydrogen-bond acceptors (Lipinski definition) is 5. The number of carbonyl (C=O) groups excluding carboxylic acids is 2. The first kappa shape index (κ1) is 20.2. The van der Waals surface area contributed by atoms with Crippen molar-refractivity contribution < 1.29 is 19.1 Å². The van der Waals surface area contributed by atoms with E-state index in [0.29, 0.717) is 22.7 Å². The van der Waals surface area contributed by atoms with Crippen LogP contribution < -0.4 is 16.2 Å². The largest absolute Gasteiger partial charge is 0.457 e. The molecule has 8 nitrogen and oxygen atoms in total. The fourth-order valence-electron chi connectivity index (χ4n) is 2.98. The number of piperidine rings is 1. The Labute approximate surface area is 169 Å². The molecule has 3 rings (SSSR count). The number of rotatable bonds is 6. The zero-order valence-electron chi connectivity index (χ0n) is 16.0. The highest BCUT2D eigenvalue weighted by Gasteiger charge is 2.18. The number of benzene rings is 2. The van der Waals surface area contributed by atoms with E-state index < -0.39 is 5.97 Å². The normalized spacial score (nSPS) is 13.4. The standard InChI is InChI=1S/C21H24N4O4/c22-21(23)24-16-6-10-18(11-7-16)29-17-8-4-15(5-9-17)20(27)28-14-19(26)25-12-2-1-3-13-25/h4-11H,1-3,12-14H2,(H4,22,23,24). The van der Waals surface area contributed by atoms with Gasteiger partial charge in [0.1, 0.15) is 11.5 Å². The van der Waals surface area contributed by atoms with E-state index in [9.17, 15) is 9.59 Å². The summed E-state index contributed by atoms with van der Waals surface area (Å²) in [5.41, 5.74) is 11.7. The molecule has 1 saturated heterocycles. The summed E-state index contributed by atoms with van der Waals surface area (Å²) in [7, 11) is 0. The number of nitrogens with zero attached hydrogens (tertiary/aromatic N) is 2. The molecule has 1 fully saturated rings. The van der Waals surface area contributed by atoms with Gasteiger partial charge in [-0.1, -0.05) is 0 Å². The topological polar surface area (TPSA) is 120 Å². The number of ether oxygens (including phenoxy) is 2. The van der Waals surface area contributed by atoms with Crippen LogP contribution in [0.1, 0.15) is 29.6 Å². The van der Waals surface area contributed by atoms with Crippen LogP contribution in [0.15, 0.2) is 53.5 Å². The Bertz CT molecular complexity index is 869. The predicted molar refractivity (Wildman–Crippen MR) is 109 cm³/mol. The molecule has 0 atom stereocenters. The summed E-state index contributed by atoms with van der Waals surface area (Å²) in [6.07, 6.45) is 3.13. The highest BCUT2D eigenvalue weighted by atomic mass is 16.5. The molecule has 8 heteroatoms. The van der Waals surface area contributed by atoms with Gasteiger partial charge in [-0.3, -0.25) is 4.79 Å². The first-order chi connectivity index (χ1) is 14.0. The predicted octanol–water partition coefficient (Wildman–Crippen LogP) is 2.55. The zero-order chi connectivity index (χ0) is 20.6. The molecule has 29 heavy (non-hydrogen) atoms. The summed E-state index contributed by atoms with van der Waals surface area (Å²) in [5.74, 6) is 0.451. The Kier molecular flexibility index (Phi) is 6.67. The lowest BCUT2D eigenvalue weighted by Crippen LogP contribution is -2.38. The van der Waals surface area contributed by atoms with Crippen LogP contribution >= 0.6 is 0 Å². The molecule has 0 saturated carbocycles. The lowest BCUT2D eigenvalue weighted by atomic mass is 10.1. The van der Waals surface area contributed by atoms with E-state index in [1.165, 1.54) is 0 Å². The van der Waals surface area contributed by atoms with E-state index >= 15 is 0 Å². The summed E-state index contributed by atoms with van der Waals surface area (Å²) in [4.78, 5) is 29.9. The Morgan fingerprint density at radius 3 is 2.07 bits per heavy atom. The maximum atomic E-state index is 12.2. The molecule has 0 spiro atoms. The molecule has 0 aliphatic carbocycles. The van der Waals surface area contributed by atoms with Crippen molar-refractivity contribution in [3.8, 4) is 11.5 Å². The van der Waals surface area contributed by atoms with Crippen LogP contribution in [-0.2, 0) is 9.53 Å². The van der Waals surface area contributed by atoms with Gasteiger partial charge < -0.3 is 25.8 Å². The summed E-state index contributed by atoms with van der Waals surface area (Å²) in [6, 6.07) is 13.4. The van der Waals surface area contributed by atoms with E-state index in [0.717, 1.165) is 32.4 Å². The number of nitrogens with two attached hydrogens (primary N) is 2. The maximum Gasteiger partial charge on any atom is 0.338 e. The first-order valence-corrected chi connectivity index (χ1v) is 9.44. The van der Waals surface area contributed by atoms with E-state index in [1.54, 1.807) is 53.4 Å². The minimum atomic E-state index is -0.538. The number of hydrogen-bond donors (Lipinski definition) is 2. The summed E-state index contributed by atoms with van der Waals surface area (Å²) >= 11 is 0. The molecule has 0 radical (unpaired) electrons. The van der Waals surface area contributed by atoms with Crippen molar-refractivity contribution in [3.05, 3.63) is 54.1 Å². The van der Waals surface area contributed by atoms with E-state index in [1.807, 2.05) is 0 Å². The molecule has 1 amide bonds. The first-order valence-electron chi connectivity index (χ1n) is 9.44. The van der Waals surface area contributed by atoms with Crippen molar-refractivity contribution in [1.29, 1.82) is 0 Å². The van der Waals surface area contributed by atoms with E-state index in [4.69, 9.17) is 20.9 Å². The molecule has 1 heterocycles. The number of esters is 1. The minimum absolute atomic E-state index is 0.0150. The van der Waals surface area contributed by atoms with Crippen LogP contribution in [0.4, 0.5) is 5.69 Å². The summed E-state index contributed by atoms with van der Waals surface area (Å²) in [6.45, 7) is 1.23. The number of guanidine groups is 1. The van der Waals surface area contributed by atoms with Crippen LogP contribution in [0.3, 0.4) is 0 Å². The molecular formula is C21H24N4O4. The Balaban J connectivity index is 1.51. The molecule has 2 aromatic rings. The lowest BCUT2D eigenvalue weighted by Gasteiger charge is -2.26. The van der Waals surface area contributed by atoms with Gasteiger partial charge in [-0.2, -0.15) is 0 Å². The third-order valence-corrected chi connectivity index (χ3v) is 4.46. The molecule has 0 unspecified atom stereocenters. The lowest BCUT2D eigenvalue weighted by molar-refractivity contribution is -0.135. The van der Waals surface area contributed by atoms with Gasteiger partial charge in [0.15, 0.2) is 12.6 Å². The molecule has 152 valence electrons. The fraction of sp³-hybridized carbons (Fsp3) is 0.286. The van der Waals surface area contributed by atoms with Gasteiger partial charge in [-0.05, 0) is 67.8 Å². The molecule has 1 aliphatic heterocycles. The van der Waals surface area contributed by atoms with E-state index in [2.05, 4.69) is 4.99 Å². The highest BCUT2D eigenvalue weighted by molar-refractivity contribution is 5.91. The van der Waals surface area contributed by atoms with Crippen LogP contribution in [0.2, 0.25) is 0 Å².